The van der Waals surface area contributed by atoms with Crippen molar-refractivity contribution in [2.45, 2.75) is 0 Å². The van der Waals surface area contributed by atoms with Gasteiger partial charge in [-0.1, -0.05) is 36.4 Å². The topological polar surface area (TPSA) is 43.4 Å². The van der Waals surface area contributed by atoms with Gasteiger partial charge in [0.15, 0.2) is 5.78 Å². The number of methoxy groups -OCH3 is 1. The van der Waals surface area contributed by atoms with Crippen LogP contribution < -0.4 is 4.74 Å². The maximum absolute atomic E-state index is 12.3. The van der Waals surface area contributed by atoms with E-state index in [1.54, 1.807) is 42.5 Å². The third-order valence-electron chi connectivity index (χ3n) is 2.66. The van der Waals surface area contributed by atoms with E-state index in [0.717, 1.165) is 6.29 Å². The molecule has 90 valence electrons. The molecule has 0 N–H and O–H groups in total. The van der Waals surface area contributed by atoms with E-state index in [2.05, 4.69) is 0 Å². The number of hydrogen-bond donors (Lipinski definition) is 0. The second-order valence-electron chi connectivity index (χ2n) is 3.77. The number of ether oxygens (including phenoxy) is 1. The first-order valence-corrected chi connectivity index (χ1v) is 5.49. The Bertz CT molecular complexity index is 571. The normalized spacial score (nSPS) is 9.83. The van der Waals surface area contributed by atoms with E-state index in [4.69, 9.17) is 4.74 Å². The van der Waals surface area contributed by atoms with Crippen LogP contribution in [0.4, 0.5) is 0 Å². The van der Waals surface area contributed by atoms with Gasteiger partial charge in [-0.15, -0.1) is 0 Å². The third-order valence-corrected chi connectivity index (χ3v) is 2.66. The molecule has 0 aliphatic rings. The molecule has 0 aliphatic carbocycles. The molecule has 0 atom stereocenters. The van der Waals surface area contributed by atoms with Gasteiger partial charge >= 0.3 is 0 Å². The average Bonchev–Trinajstić information content (AvgIpc) is 2.46. The minimum Gasteiger partial charge on any atom is -0.496 e. The molecule has 3 nitrogen and oxygen atoms in total. The molecule has 0 aliphatic heterocycles. The molecule has 0 heterocycles. The zero-order chi connectivity index (χ0) is 13.0. The number of ketones is 1. The number of benzene rings is 2. The Hall–Kier alpha value is -2.42. The lowest BCUT2D eigenvalue weighted by atomic mass is 10.0. The molecule has 0 radical (unpaired) electrons. The Labute approximate surface area is 105 Å². The molecule has 0 amide bonds. The summed E-state index contributed by atoms with van der Waals surface area (Å²) in [6.45, 7) is 0. The Morgan fingerprint density at radius 3 is 2.33 bits per heavy atom. The van der Waals surface area contributed by atoms with Crippen LogP contribution in [-0.2, 0) is 0 Å². The van der Waals surface area contributed by atoms with Crippen molar-refractivity contribution >= 4 is 12.1 Å². The van der Waals surface area contributed by atoms with Gasteiger partial charge in [0, 0.05) is 11.1 Å². The van der Waals surface area contributed by atoms with Crippen LogP contribution in [0.15, 0.2) is 48.5 Å². The van der Waals surface area contributed by atoms with Gasteiger partial charge in [-0.2, -0.15) is 0 Å². The monoisotopic (exact) mass is 240 g/mol. The van der Waals surface area contributed by atoms with E-state index in [-0.39, 0.29) is 5.78 Å². The van der Waals surface area contributed by atoms with E-state index in [1.807, 2.05) is 6.07 Å². The molecule has 0 saturated heterocycles. The highest BCUT2D eigenvalue weighted by molar-refractivity contribution is 6.10. The molecule has 0 spiro atoms. The van der Waals surface area contributed by atoms with Crippen LogP contribution >= 0.6 is 0 Å². The lowest BCUT2D eigenvalue weighted by Crippen LogP contribution is -2.03. The largest absolute Gasteiger partial charge is 0.496 e. The fourth-order valence-corrected chi connectivity index (χ4v) is 1.70. The molecule has 0 fully saturated rings. The number of aldehydes is 1. The summed E-state index contributed by atoms with van der Waals surface area (Å²) in [5, 5.41) is 0. The van der Waals surface area contributed by atoms with Crippen molar-refractivity contribution in [2.75, 3.05) is 7.11 Å². The number of carbonyl (C=O) groups is 2. The van der Waals surface area contributed by atoms with Crippen LogP contribution in [0.25, 0.3) is 0 Å². The molecule has 3 heteroatoms. The highest BCUT2D eigenvalue weighted by Crippen LogP contribution is 2.21. The minimum atomic E-state index is -0.120. The summed E-state index contributed by atoms with van der Waals surface area (Å²) in [6.07, 6.45) is 0.747. The predicted octanol–water partition coefficient (Wildman–Crippen LogP) is 2.74. The highest BCUT2D eigenvalue weighted by atomic mass is 16.5. The molecule has 2 rings (SSSR count). The second kappa shape index (κ2) is 5.27. The van der Waals surface area contributed by atoms with Crippen molar-refractivity contribution in [1.29, 1.82) is 0 Å². The van der Waals surface area contributed by atoms with Crippen molar-refractivity contribution in [3.63, 3.8) is 0 Å². The van der Waals surface area contributed by atoms with Crippen molar-refractivity contribution < 1.29 is 14.3 Å². The van der Waals surface area contributed by atoms with Crippen molar-refractivity contribution in [2.24, 2.45) is 0 Å². The molecule has 0 bridgehead atoms. The molecule has 2 aromatic carbocycles. The summed E-state index contributed by atoms with van der Waals surface area (Å²) in [6, 6.07) is 13.6. The fourth-order valence-electron chi connectivity index (χ4n) is 1.70. The maximum Gasteiger partial charge on any atom is 0.196 e. The predicted molar refractivity (Wildman–Crippen MR) is 68.3 cm³/mol. The van der Waals surface area contributed by atoms with E-state index >= 15 is 0 Å². The summed E-state index contributed by atoms with van der Waals surface area (Å²) in [5.41, 5.74) is 1.59. The quantitative estimate of drug-likeness (QED) is 0.609. The van der Waals surface area contributed by atoms with E-state index in [1.165, 1.54) is 7.11 Å². The highest BCUT2D eigenvalue weighted by Gasteiger charge is 2.13. The fraction of sp³-hybridized carbons (Fsp3) is 0.0667. The molecular weight excluding hydrogens is 228 g/mol. The number of carbonyl (C=O) groups excluding carboxylic acids is 2. The van der Waals surface area contributed by atoms with Crippen LogP contribution in [0.2, 0.25) is 0 Å². The smallest absolute Gasteiger partial charge is 0.196 e. The molecule has 18 heavy (non-hydrogen) atoms. The Morgan fingerprint density at radius 1 is 1.06 bits per heavy atom. The van der Waals surface area contributed by atoms with Crippen molar-refractivity contribution in [3.05, 3.63) is 65.2 Å². The minimum absolute atomic E-state index is 0.120. The van der Waals surface area contributed by atoms with Gasteiger partial charge < -0.3 is 4.74 Å². The van der Waals surface area contributed by atoms with Crippen LogP contribution in [0.1, 0.15) is 26.3 Å². The third kappa shape index (κ3) is 2.30. The zero-order valence-corrected chi connectivity index (χ0v) is 9.92. The van der Waals surface area contributed by atoms with Gasteiger partial charge in [-0.3, -0.25) is 9.59 Å². The first kappa shape index (κ1) is 12.0. The molecule has 2 aromatic rings. The van der Waals surface area contributed by atoms with Gasteiger partial charge in [0.25, 0.3) is 0 Å². The second-order valence-corrected chi connectivity index (χ2v) is 3.77. The number of rotatable bonds is 4. The molecule has 0 aromatic heterocycles. The Morgan fingerprint density at radius 2 is 1.72 bits per heavy atom. The first-order valence-electron chi connectivity index (χ1n) is 5.49. The first-order chi connectivity index (χ1) is 8.76. The molecular formula is C15H12O3. The van der Waals surface area contributed by atoms with Crippen LogP contribution in [0.3, 0.4) is 0 Å². The van der Waals surface area contributed by atoms with Gasteiger partial charge in [-0.05, 0) is 12.1 Å². The maximum atomic E-state index is 12.3. The summed E-state index contributed by atoms with van der Waals surface area (Å²) >= 11 is 0. The lowest BCUT2D eigenvalue weighted by Gasteiger charge is -2.07. The number of para-hydroxylation sites is 1. The van der Waals surface area contributed by atoms with Crippen LogP contribution in [-0.4, -0.2) is 19.2 Å². The molecule has 0 saturated carbocycles. The van der Waals surface area contributed by atoms with E-state index in [9.17, 15) is 9.59 Å². The SMILES string of the molecule is COc1ccccc1C(=O)c1ccc(C=O)cc1. The lowest BCUT2D eigenvalue weighted by molar-refractivity contribution is 0.103. The van der Waals surface area contributed by atoms with Crippen molar-refractivity contribution in [3.8, 4) is 5.75 Å². The summed E-state index contributed by atoms with van der Waals surface area (Å²) < 4.78 is 5.16. The van der Waals surface area contributed by atoms with Crippen molar-refractivity contribution in [1.82, 2.24) is 0 Å². The van der Waals surface area contributed by atoms with E-state index < -0.39 is 0 Å². The van der Waals surface area contributed by atoms with Gasteiger partial charge in [0.05, 0.1) is 12.7 Å². The standard InChI is InChI=1S/C15H12O3/c1-18-14-5-3-2-4-13(14)15(17)12-8-6-11(10-16)7-9-12/h2-10H,1H3. The van der Waals surface area contributed by atoms with Gasteiger partial charge in [0.1, 0.15) is 12.0 Å². The van der Waals surface area contributed by atoms with Gasteiger partial charge in [0.2, 0.25) is 0 Å². The van der Waals surface area contributed by atoms with E-state index in [0.29, 0.717) is 22.4 Å². The average molecular weight is 240 g/mol. The summed E-state index contributed by atoms with van der Waals surface area (Å²) in [5.74, 6) is 0.423. The van der Waals surface area contributed by atoms with Crippen LogP contribution in [0.5, 0.6) is 5.75 Å². The molecule has 0 unspecified atom stereocenters. The summed E-state index contributed by atoms with van der Waals surface area (Å²) in [7, 11) is 1.53. The Kier molecular flexibility index (Phi) is 3.53. The number of hydrogen-bond acceptors (Lipinski definition) is 3. The van der Waals surface area contributed by atoms with Crippen LogP contribution in [0, 0.1) is 0 Å². The summed E-state index contributed by atoms with van der Waals surface area (Å²) in [4.78, 5) is 22.8. The Balaban J connectivity index is 2.38. The zero-order valence-electron chi connectivity index (χ0n) is 9.92. The van der Waals surface area contributed by atoms with Gasteiger partial charge in [-0.25, -0.2) is 0 Å².